The SMILES string of the molecule is Cc1csc(CNC(=O)C2CC(=O)N(c3ccc4c(c3)OCO4)C2)n1. The molecule has 1 aromatic heterocycles. The van der Waals surface area contributed by atoms with Crippen LogP contribution in [0.2, 0.25) is 0 Å². The van der Waals surface area contributed by atoms with Gasteiger partial charge in [-0.15, -0.1) is 11.3 Å². The molecule has 0 saturated carbocycles. The lowest BCUT2D eigenvalue weighted by Gasteiger charge is -2.17. The molecule has 3 heterocycles. The smallest absolute Gasteiger partial charge is 0.231 e. The van der Waals surface area contributed by atoms with E-state index in [0.717, 1.165) is 16.4 Å². The van der Waals surface area contributed by atoms with Gasteiger partial charge in [0, 0.05) is 35.8 Å². The maximum Gasteiger partial charge on any atom is 0.231 e. The number of aromatic nitrogens is 1. The third kappa shape index (κ3) is 3.17. The van der Waals surface area contributed by atoms with Crippen molar-refractivity contribution in [3.63, 3.8) is 0 Å². The number of aryl methyl sites for hydroxylation is 1. The van der Waals surface area contributed by atoms with Crippen LogP contribution in [0.3, 0.4) is 0 Å². The summed E-state index contributed by atoms with van der Waals surface area (Å²) < 4.78 is 10.6. The molecule has 2 aliphatic rings. The Morgan fingerprint density at radius 3 is 3.04 bits per heavy atom. The first-order chi connectivity index (χ1) is 12.1. The van der Waals surface area contributed by atoms with E-state index >= 15 is 0 Å². The maximum atomic E-state index is 12.4. The number of rotatable bonds is 4. The molecule has 0 spiro atoms. The number of anilines is 1. The number of fused-ring (bicyclic) bond motifs is 1. The van der Waals surface area contributed by atoms with Crippen molar-refractivity contribution in [3.05, 3.63) is 34.3 Å². The van der Waals surface area contributed by atoms with E-state index in [4.69, 9.17) is 9.47 Å². The first kappa shape index (κ1) is 15.9. The Balaban J connectivity index is 1.40. The molecule has 0 radical (unpaired) electrons. The van der Waals surface area contributed by atoms with Crippen LogP contribution < -0.4 is 19.7 Å². The number of hydrogen-bond acceptors (Lipinski definition) is 6. The fraction of sp³-hybridized carbons (Fsp3) is 0.353. The Morgan fingerprint density at radius 2 is 2.24 bits per heavy atom. The highest BCUT2D eigenvalue weighted by molar-refractivity contribution is 7.09. The zero-order chi connectivity index (χ0) is 17.4. The zero-order valence-electron chi connectivity index (χ0n) is 13.7. The van der Waals surface area contributed by atoms with Crippen molar-refractivity contribution < 1.29 is 19.1 Å². The summed E-state index contributed by atoms with van der Waals surface area (Å²) in [6, 6.07) is 5.37. The second-order valence-corrected chi connectivity index (χ2v) is 6.99. The highest BCUT2D eigenvalue weighted by Gasteiger charge is 2.35. The molecule has 7 nitrogen and oxygen atoms in total. The van der Waals surface area contributed by atoms with Crippen molar-refractivity contribution >= 4 is 28.8 Å². The summed E-state index contributed by atoms with van der Waals surface area (Å²) >= 11 is 1.51. The monoisotopic (exact) mass is 359 g/mol. The van der Waals surface area contributed by atoms with E-state index in [9.17, 15) is 9.59 Å². The fourth-order valence-electron chi connectivity index (χ4n) is 2.98. The van der Waals surface area contributed by atoms with Gasteiger partial charge in [-0.1, -0.05) is 0 Å². The van der Waals surface area contributed by atoms with Crippen LogP contribution in [0.25, 0.3) is 0 Å². The number of carbonyl (C=O) groups is 2. The number of nitrogens with zero attached hydrogens (tertiary/aromatic N) is 2. The number of hydrogen-bond donors (Lipinski definition) is 1. The largest absolute Gasteiger partial charge is 0.454 e. The minimum atomic E-state index is -0.362. The molecule has 4 rings (SSSR count). The minimum Gasteiger partial charge on any atom is -0.454 e. The topological polar surface area (TPSA) is 80.8 Å². The average Bonchev–Trinajstić information content (AvgIpc) is 3.31. The van der Waals surface area contributed by atoms with E-state index in [1.54, 1.807) is 17.0 Å². The third-order valence-electron chi connectivity index (χ3n) is 4.24. The molecule has 25 heavy (non-hydrogen) atoms. The number of ether oxygens (including phenoxy) is 2. The van der Waals surface area contributed by atoms with Gasteiger partial charge < -0.3 is 19.7 Å². The molecule has 1 fully saturated rings. The summed E-state index contributed by atoms with van der Waals surface area (Å²) in [5.41, 5.74) is 1.67. The fourth-order valence-corrected chi connectivity index (χ4v) is 3.69. The summed E-state index contributed by atoms with van der Waals surface area (Å²) in [5.74, 6) is 0.744. The van der Waals surface area contributed by atoms with Crippen LogP contribution in [0.15, 0.2) is 23.6 Å². The molecule has 1 aromatic carbocycles. The quantitative estimate of drug-likeness (QED) is 0.901. The van der Waals surface area contributed by atoms with Crippen molar-refractivity contribution in [1.82, 2.24) is 10.3 Å². The van der Waals surface area contributed by atoms with Crippen LogP contribution in [0.1, 0.15) is 17.1 Å². The highest BCUT2D eigenvalue weighted by atomic mass is 32.1. The molecule has 8 heteroatoms. The van der Waals surface area contributed by atoms with Crippen molar-refractivity contribution in [2.24, 2.45) is 5.92 Å². The van der Waals surface area contributed by atoms with Gasteiger partial charge in [0.25, 0.3) is 0 Å². The predicted molar refractivity (Wildman–Crippen MR) is 91.7 cm³/mol. The van der Waals surface area contributed by atoms with Crippen molar-refractivity contribution in [2.75, 3.05) is 18.2 Å². The van der Waals surface area contributed by atoms with Crippen LogP contribution in [0.4, 0.5) is 5.69 Å². The van der Waals surface area contributed by atoms with E-state index in [1.165, 1.54) is 11.3 Å². The van der Waals surface area contributed by atoms with E-state index in [0.29, 0.717) is 24.6 Å². The molecule has 1 atom stereocenters. The lowest BCUT2D eigenvalue weighted by molar-refractivity contribution is -0.126. The lowest BCUT2D eigenvalue weighted by atomic mass is 10.1. The number of carbonyl (C=O) groups excluding carboxylic acids is 2. The second kappa shape index (κ2) is 6.36. The first-order valence-corrected chi connectivity index (χ1v) is 8.87. The minimum absolute atomic E-state index is 0.0656. The Morgan fingerprint density at radius 1 is 1.40 bits per heavy atom. The second-order valence-electron chi connectivity index (χ2n) is 6.04. The summed E-state index contributed by atoms with van der Waals surface area (Å²) in [6.45, 7) is 2.86. The molecule has 1 saturated heterocycles. The maximum absolute atomic E-state index is 12.4. The van der Waals surface area contributed by atoms with Gasteiger partial charge in [-0.3, -0.25) is 9.59 Å². The van der Waals surface area contributed by atoms with Gasteiger partial charge in [-0.05, 0) is 19.1 Å². The number of thiazole rings is 1. The van der Waals surface area contributed by atoms with Gasteiger partial charge >= 0.3 is 0 Å². The number of benzene rings is 1. The normalized spacial score (nSPS) is 18.7. The van der Waals surface area contributed by atoms with Gasteiger partial charge in [-0.25, -0.2) is 4.98 Å². The Labute approximate surface area is 148 Å². The number of amides is 2. The summed E-state index contributed by atoms with van der Waals surface area (Å²) in [6.07, 6.45) is 0.206. The third-order valence-corrected chi connectivity index (χ3v) is 5.21. The van der Waals surface area contributed by atoms with E-state index < -0.39 is 0 Å². The first-order valence-electron chi connectivity index (χ1n) is 7.99. The molecule has 0 bridgehead atoms. The predicted octanol–water partition coefficient (Wildman–Crippen LogP) is 1.85. The summed E-state index contributed by atoms with van der Waals surface area (Å²) in [5, 5.41) is 5.68. The van der Waals surface area contributed by atoms with Gasteiger partial charge in [0.15, 0.2) is 11.5 Å². The Bertz CT molecular complexity index is 835. The molecule has 2 aliphatic heterocycles. The van der Waals surface area contributed by atoms with Gasteiger partial charge in [0.05, 0.1) is 12.5 Å². The molecule has 2 amide bonds. The van der Waals surface area contributed by atoms with Crippen LogP contribution in [-0.2, 0) is 16.1 Å². The molecule has 2 aromatic rings. The van der Waals surface area contributed by atoms with E-state index in [-0.39, 0.29) is 30.9 Å². The molecular formula is C17H17N3O4S. The van der Waals surface area contributed by atoms with E-state index in [1.807, 2.05) is 18.4 Å². The zero-order valence-corrected chi connectivity index (χ0v) is 14.5. The van der Waals surface area contributed by atoms with Crippen LogP contribution in [0, 0.1) is 12.8 Å². The van der Waals surface area contributed by atoms with Crippen molar-refractivity contribution in [2.45, 2.75) is 19.9 Å². The van der Waals surface area contributed by atoms with Crippen LogP contribution in [-0.4, -0.2) is 30.1 Å². The lowest BCUT2D eigenvalue weighted by Crippen LogP contribution is -2.32. The van der Waals surface area contributed by atoms with E-state index in [2.05, 4.69) is 10.3 Å². The summed E-state index contributed by atoms with van der Waals surface area (Å²) in [7, 11) is 0. The Kier molecular flexibility index (Phi) is 4.04. The number of nitrogens with one attached hydrogen (secondary N) is 1. The molecule has 1 N–H and O–H groups in total. The molecule has 1 unspecified atom stereocenters. The van der Waals surface area contributed by atoms with Crippen LogP contribution in [0.5, 0.6) is 11.5 Å². The molecular weight excluding hydrogens is 342 g/mol. The molecule has 130 valence electrons. The summed E-state index contributed by atoms with van der Waals surface area (Å²) in [4.78, 5) is 30.7. The standard InChI is InChI=1S/C17H17N3O4S/c1-10-8-25-15(19-10)6-18-17(22)11-4-16(21)20(7-11)12-2-3-13-14(5-12)24-9-23-13/h2-3,5,8,11H,4,6-7,9H2,1H3,(H,18,22). The van der Waals surface area contributed by atoms with Gasteiger partial charge in [0.1, 0.15) is 5.01 Å². The highest BCUT2D eigenvalue weighted by Crippen LogP contribution is 2.37. The Hall–Kier alpha value is -2.61. The van der Waals surface area contributed by atoms with Crippen molar-refractivity contribution in [1.29, 1.82) is 0 Å². The van der Waals surface area contributed by atoms with Gasteiger partial charge in [-0.2, -0.15) is 0 Å². The van der Waals surface area contributed by atoms with Crippen LogP contribution >= 0.6 is 11.3 Å². The average molecular weight is 359 g/mol. The molecule has 0 aliphatic carbocycles. The van der Waals surface area contributed by atoms with Crippen molar-refractivity contribution in [3.8, 4) is 11.5 Å². The van der Waals surface area contributed by atoms with Gasteiger partial charge in [0.2, 0.25) is 18.6 Å².